The molecule has 1 aliphatic rings. The minimum absolute atomic E-state index is 0.146. The summed E-state index contributed by atoms with van der Waals surface area (Å²) in [5.74, 6) is 0.812. The van der Waals surface area contributed by atoms with Crippen molar-refractivity contribution in [2.75, 3.05) is 12.1 Å². The second-order valence-corrected chi connectivity index (χ2v) is 4.79. The second-order valence-electron chi connectivity index (χ2n) is 4.38. The van der Waals surface area contributed by atoms with Crippen molar-refractivity contribution in [2.24, 2.45) is 5.73 Å². The number of fused-ring (bicyclic) bond motifs is 1. The molecule has 2 heterocycles. The smallest absolute Gasteiger partial charge is 0.255 e. The number of hydrogen-bond donors (Lipinski definition) is 2. The van der Waals surface area contributed by atoms with Crippen molar-refractivity contribution >= 4 is 23.2 Å². The maximum atomic E-state index is 12.2. The molecular formula is C14H12ClN3O3. The van der Waals surface area contributed by atoms with Gasteiger partial charge in [0.15, 0.2) is 11.5 Å². The van der Waals surface area contributed by atoms with Gasteiger partial charge in [-0.3, -0.25) is 9.78 Å². The molecule has 3 N–H and O–H groups in total. The fourth-order valence-corrected chi connectivity index (χ4v) is 2.14. The van der Waals surface area contributed by atoms with Crippen molar-refractivity contribution in [3.8, 4) is 11.5 Å². The number of rotatable bonds is 3. The summed E-state index contributed by atoms with van der Waals surface area (Å²) in [6.45, 7) is 0.416. The zero-order valence-corrected chi connectivity index (χ0v) is 11.7. The zero-order valence-electron chi connectivity index (χ0n) is 10.9. The van der Waals surface area contributed by atoms with Gasteiger partial charge in [-0.2, -0.15) is 0 Å². The minimum atomic E-state index is -0.298. The lowest BCUT2D eigenvalue weighted by Gasteiger charge is -2.09. The van der Waals surface area contributed by atoms with Gasteiger partial charge in [0.05, 0.1) is 16.4 Å². The Balaban J connectivity index is 1.84. The van der Waals surface area contributed by atoms with E-state index in [-0.39, 0.29) is 19.2 Å². The second kappa shape index (κ2) is 5.59. The van der Waals surface area contributed by atoms with E-state index in [9.17, 15) is 4.79 Å². The monoisotopic (exact) mass is 305 g/mol. The van der Waals surface area contributed by atoms with E-state index in [1.807, 2.05) is 0 Å². The van der Waals surface area contributed by atoms with E-state index < -0.39 is 0 Å². The van der Waals surface area contributed by atoms with Gasteiger partial charge >= 0.3 is 0 Å². The Hall–Kier alpha value is -2.31. The van der Waals surface area contributed by atoms with Gasteiger partial charge in [0.25, 0.3) is 5.91 Å². The van der Waals surface area contributed by atoms with Crippen LogP contribution in [0.1, 0.15) is 16.1 Å². The molecule has 1 aliphatic heterocycles. The van der Waals surface area contributed by atoms with Gasteiger partial charge in [-0.15, -0.1) is 0 Å². The van der Waals surface area contributed by atoms with E-state index in [2.05, 4.69) is 10.3 Å². The van der Waals surface area contributed by atoms with Crippen LogP contribution < -0.4 is 20.5 Å². The number of hydrogen-bond acceptors (Lipinski definition) is 5. The first-order chi connectivity index (χ1) is 10.2. The molecule has 3 rings (SSSR count). The highest BCUT2D eigenvalue weighted by molar-refractivity contribution is 6.34. The molecule has 2 aromatic rings. The third-order valence-electron chi connectivity index (χ3n) is 3.00. The van der Waals surface area contributed by atoms with Crippen LogP contribution in [0.15, 0.2) is 30.5 Å². The number of amides is 1. The van der Waals surface area contributed by atoms with E-state index in [4.69, 9.17) is 26.8 Å². The Bertz CT molecular complexity index is 706. The average Bonchev–Trinajstić information content (AvgIpc) is 2.94. The van der Waals surface area contributed by atoms with Crippen molar-refractivity contribution in [1.82, 2.24) is 4.98 Å². The fourth-order valence-electron chi connectivity index (χ4n) is 1.94. The predicted molar refractivity (Wildman–Crippen MR) is 77.7 cm³/mol. The van der Waals surface area contributed by atoms with Crippen LogP contribution in [0.2, 0.25) is 5.02 Å². The first kappa shape index (κ1) is 13.7. The summed E-state index contributed by atoms with van der Waals surface area (Å²) in [5, 5.41) is 3.11. The number of nitrogens with zero attached hydrogens (tertiary/aromatic N) is 1. The van der Waals surface area contributed by atoms with Crippen molar-refractivity contribution in [2.45, 2.75) is 6.54 Å². The lowest BCUT2D eigenvalue weighted by molar-refractivity contribution is 0.102. The van der Waals surface area contributed by atoms with Crippen LogP contribution in [0.3, 0.4) is 0 Å². The number of carbonyl (C=O) groups is 1. The summed E-state index contributed by atoms with van der Waals surface area (Å²) in [4.78, 5) is 16.3. The number of benzene rings is 1. The molecule has 7 heteroatoms. The highest BCUT2D eigenvalue weighted by atomic mass is 35.5. The summed E-state index contributed by atoms with van der Waals surface area (Å²) in [6.07, 6.45) is 1.54. The maximum Gasteiger partial charge on any atom is 0.255 e. The summed E-state index contributed by atoms with van der Waals surface area (Å²) in [5.41, 5.74) is 7.06. The van der Waals surface area contributed by atoms with Crippen molar-refractivity contribution in [3.63, 3.8) is 0 Å². The highest BCUT2D eigenvalue weighted by Gasteiger charge is 2.18. The van der Waals surface area contributed by atoms with Crippen LogP contribution in [0.4, 0.5) is 5.69 Å². The highest BCUT2D eigenvalue weighted by Crippen LogP contribution is 2.39. The van der Waals surface area contributed by atoms with Gasteiger partial charge in [-0.05, 0) is 12.1 Å². The summed E-state index contributed by atoms with van der Waals surface area (Å²) in [6, 6.07) is 6.48. The van der Waals surface area contributed by atoms with Gasteiger partial charge in [0.1, 0.15) is 0 Å². The average molecular weight is 306 g/mol. The number of ether oxygens (including phenoxy) is 2. The fraction of sp³-hybridized carbons (Fsp3) is 0.143. The molecule has 0 spiro atoms. The Labute approximate surface area is 125 Å². The molecule has 0 bridgehead atoms. The Morgan fingerprint density at radius 2 is 2.10 bits per heavy atom. The van der Waals surface area contributed by atoms with Crippen LogP contribution in [-0.2, 0) is 6.54 Å². The van der Waals surface area contributed by atoms with E-state index in [1.165, 1.54) is 0 Å². The molecule has 0 aliphatic carbocycles. The first-order valence-corrected chi connectivity index (χ1v) is 6.60. The SMILES string of the molecule is NCc1cc(C(=O)Nc2cc3c(cc2Cl)OCO3)ccn1. The van der Waals surface area contributed by atoms with Crippen molar-refractivity contribution < 1.29 is 14.3 Å². The van der Waals surface area contributed by atoms with Gasteiger partial charge in [-0.1, -0.05) is 11.6 Å². The van der Waals surface area contributed by atoms with Gasteiger partial charge in [0, 0.05) is 30.4 Å². The first-order valence-electron chi connectivity index (χ1n) is 6.23. The van der Waals surface area contributed by atoms with Crippen molar-refractivity contribution in [3.05, 3.63) is 46.7 Å². The topological polar surface area (TPSA) is 86.5 Å². The number of carbonyl (C=O) groups excluding carboxylic acids is 1. The van der Waals surface area contributed by atoms with E-state index >= 15 is 0 Å². The lowest BCUT2D eigenvalue weighted by Crippen LogP contribution is -2.13. The quantitative estimate of drug-likeness (QED) is 0.907. The number of halogens is 1. The summed E-state index contributed by atoms with van der Waals surface area (Å²) in [7, 11) is 0. The zero-order chi connectivity index (χ0) is 14.8. The van der Waals surface area contributed by atoms with Gasteiger partial charge in [0.2, 0.25) is 6.79 Å². The molecule has 0 unspecified atom stereocenters. The van der Waals surface area contributed by atoms with Gasteiger partial charge < -0.3 is 20.5 Å². The van der Waals surface area contributed by atoms with Crippen LogP contribution in [-0.4, -0.2) is 17.7 Å². The molecule has 1 aromatic heterocycles. The molecule has 0 radical (unpaired) electrons. The number of anilines is 1. The van der Waals surface area contributed by atoms with Crippen LogP contribution in [0.5, 0.6) is 11.5 Å². The number of aromatic nitrogens is 1. The summed E-state index contributed by atoms with van der Waals surface area (Å²) < 4.78 is 10.5. The number of pyridine rings is 1. The minimum Gasteiger partial charge on any atom is -0.454 e. The lowest BCUT2D eigenvalue weighted by atomic mass is 10.2. The molecule has 0 saturated heterocycles. The van der Waals surface area contributed by atoms with E-state index in [0.29, 0.717) is 33.5 Å². The Morgan fingerprint density at radius 3 is 2.86 bits per heavy atom. The number of nitrogens with one attached hydrogen (secondary N) is 1. The summed E-state index contributed by atoms with van der Waals surface area (Å²) >= 11 is 6.12. The van der Waals surface area contributed by atoms with E-state index in [0.717, 1.165) is 0 Å². The molecule has 6 nitrogen and oxygen atoms in total. The standard InChI is InChI=1S/C14H12ClN3O3/c15-10-4-12-13(21-7-20-12)5-11(10)18-14(19)8-1-2-17-9(3-8)6-16/h1-5H,6-7,16H2,(H,18,19). The van der Waals surface area contributed by atoms with Gasteiger partial charge in [-0.25, -0.2) is 0 Å². The molecule has 1 amide bonds. The largest absolute Gasteiger partial charge is 0.454 e. The molecule has 0 atom stereocenters. The third kappa shape index (κ3) is 2.76. The Morgan fingerprint density at radius 1 is 1.33 bits per heavy atom. The Kier molecular flexibility index (Phi) is 3.64. The molecule has 0 saturated carbocycles. The number of nitrogens with two attached hydrogens (primary N) is 1. The van der Waals surface area contributed by atoms with Crippen LogP contribution in [0, 0.1) is 0 Å². The normalized spacial score (nSPS) is 12.3. The molecular weight excluding hydrogens is 294 g/mol. The molecule has 21 heavy (non-hydrogen) atoms. The molecule has 0 fully saturated rings. The van der Waals surface area contributed by atoms with Crippen molar-refractivity contribution in [1.29, 1.82) is 0 Å². The maximum absolute atomic E-state index is 12.2. The van der Waals surface area contributed by atoms with Crippen LogP contribution >= 0.6 is 11.6 Å². The van der Waals surface area contributed by atoms with Crippen LogP contribution in [0.25, 0.3) is 0 Å². The molecule has 108 valence electrons. The van der Waals surface area contributed by atoms with E-state index in [1.54, 1.807) is 30.5 Å². The predicted octanol–water partition coefficient (Wildman–Crippen LogP) is 2.17. The molecule has 1 aromatic carbocycles. The third-order valence-corrected chi connectivity index (χ3v) is 3.31.